The lowest BCUT2D eigenvalue weighted by atomic mass is 9.44. The first-order valence-electron chi connectivity index (χ1n) is 11.3. The van der Waals surface area contributed by atoms with E-state index in [0.717, 1.165) is 19.3 Å². The van der Waals surface area contributed by atoms with E-state index >= 15 is 0 Å². The van der Waals surface area contributed by atoms with Crippen molar-refractivity contribution >= 4 is 11.9 Å². The van der Waals surface area contributed by atoms with Crippen molar-refractivity contribution in [1.29, 1.82) is 0 Å². The Kier molecular flexibility index (Phi) is 7.61. The van der Waals surface area contributed by atoms with Crippen molar-refractivity contribution in [3.8, 4) is 0 Å². The average molecular weight is 395 g/mol. The van der Waals surface area contributed by atoms with E-state index in [1.54, 1.807) is 0 Å². The van der Waals surface area contributed by atoms with Crippen molar-refractivity contribution in [2.45, 2.75) is 99.5 Å². The Morgan fingerprint density at radius 1 is 1.04 bits per heavy atom. The monoisotopic (exact) mass is 394 g/mol. The van der Waals surface area contributed by atoms with Gasteiger partial charge >= 0.3 is 11.9 Å². The lowest BCUT2D eigenvalue weighted by Gasteiger charge is -2.61. The van der Waals surface area contributed by atoms with Crippen LogP contribution in [0.4, 0.5) is 0 Å². The molecule has 0 bridgehead atoms. The lowest BCUT2D eigenvalue weighted by molar-refractivity contribution is -0.175. The molecule has 28 heavy (non-hydrogen) atoms. The second-order valence-corrected chi connectivity index (χ2v) is 10.3. The fourth-order valence-corrected chi connectivity index (χ4v) is 6.24. The third-order valence-electron chi connectivity index (χ3n) is 8.58. The van der Waals surface area contributed by atoms with E-state index in [4.69, 9.17) is 9.47 Å². The molecule has 0 radical (unpaired) electrons. The standard InChI is InChI=1S/C24H42O4/c1-16(12-15-27-19(4)25)10-13-23(6)17(2)11-14-24(7)18(3)21(28-20(5)26)8-9-22(23)24/h16-18,21-22H,8-15H2,1-7H3/t16?,17-,18-,21-,22-,23+,24+/m1/s1. The van der Waals surface area contributed by atoms with E-state index in [2.05, 4.69) is 34.6 Å². The van der Waals surface area contributed by atoms with Crippen LogP contribution < -0.4 is 0 Å². The minimum absolute atomic E-state index is 0.0686. The summed E-state index contributed by atoms with van der Waals surface area (Å²) in [4.78, 5) is 22.5. The van der Waals surface area contributed by atoms with E-state index in [0.29, 0.717) is 35.7 Å². The van der Waals surface area contributed by atoms with Gasteiger partial charge in [0.2, 0.25) is 0 Å². The zero-order chi connectivity index (χ0) is 21.1. The number of fused-ring (bicyclic) bond motifs is 1. The zero-order valence-corrected chi connectivity index (χ0v) is 19.2. The third kappa shape index (κ3) is 4.91. The van der Waals surface area contributed by atoms with E-state index in [1.807, 2.05) is 0 Å². The maximum absolute atomic E-state index is 11.6. The van der Waals surface area contributed by atoms with Gasteiger partial charge in [-0.05, 0) is 73.0 Å². The van der Waals surface area contributed by atoms with Crippen molar-refractivity contribution in [2.75, 3.05) is 6.61 Å². The van der Waals surface area contributed by atoms with Crippen molar-refractivity contribution in [2.24, 2.45) is 34.5 Å². The highest BCUT2D eigenvalue weighted by Crippen LogP contribution is 2.63. The van der Waals surface area contributed by atoms with Crippen molar-refractivity contribution < 1.29 is 19.1 Å². The Hall–Kier alpha value is -1.06. The van der Waals surface area contributed by atoms with E-state index < -0.39 is 0 Å². The summed E-state index contributed by atoms with van der Waals surface area (Å²) in [6.07, 6.45) is 8.04. The van der Waals surface area contributed by atoms with Crippen molar-refractivity contribution in [3.05, 3.63) is 0 Å². The third-order valence-corrected chi connectivity index (χ3v) is 8.58. The van der Waals surface area contributed by atoms with Gasteiger partial charge in [-0.15, -0.1) is 0 Å². The van der Waals surface area contributed by atoms with Crippen molar-refractivity contribution in [1.82, 2.24) is 0 Å². The molecule has 2 aliphatic rings. The average Bonchev–Trinajstić information content (AvgIpc) is 2.60. The van der Waals surface area contributed by atoms with E-state index in [9.17, 15) is 9.59 Å². The summed E-state index contributed by atoms with van der Waals surface area (Å²) in [7, 11) is 0. The zero-order valence-electron chi connectivity index (χ0n) is 19.2. The number of esters is 2. The van der Waals surface area contributed by atoms with Gasteiger partial charge in [-0.3, -0.25) is 9.59 Å². The lowest BCUT2D eigenvalue weighted by Crippen LogP contribution is -2.56. The van der Waals surface area contributed by atoms with Crippen molar-refractivity contribution in [3.63, 3.8) is 0 Å². The fraction of sp³-hybridized carbons (Fsp3) is 0.917. The quantitative estimate of drug-likeness (QED) is 0.514. The molecule has 0 spiro atoms. The van der Waals surface area contributed by atoms with Crippen LogP contribution in [0, 0.1) is 34.5 Å². The molecule has 162 valence electrons. The Bertz CT molecular complexity index is 559. The topological polar surface area (TPSA) is 52.6 Å². The summed E-state index contributed by atoms with van der Waals surface area (Å²) in [5, 5.41) is 0. The summed E-state index contributed by atoms with van der Waals surface area (Å²) < 4.78 is 10.8. The second-order valence-electron chi connectivity index (χ2n) is 10.3. The Morgan fingerprint density at radius 2 is 1.71 bits per heavy atom. The van der Waals surface area contributed by atoms with Crippen LogP contribution in [0.25, 0.3) is 0 Å². The first kappa shape index (κ1) is 23.2. The molecule has 4 heteroatoms. The largest absolute Gasteiger partial charge is 0.466 e. The van der Waals surface area contributed by atoms with Crippen LogP contribution in [-0.2, 0) is 19.1 Å². The molecular formula is C24H42O4. The van der Waals surface area contributed by atoms with Crippen LogP contribution in [0.15, 0.2) is 0 Å². The van der Waals surface area contributed by atoms with Gasteiger partial charge in [-0.1, -0.05) is 41.0 Å². The van der Waals surface area contributed by atoms with Gasteiger partial charge in [0.05, 0.1) is 6.61 Å². The van der Waals surface area contributed by atoms with Crippen LogP contribution in [0.5, 0.6) is 0 Å². The molecule has 2 aliphatic carbocycles. The predicted molar refractivity (Wildman–Crippen MR) is 112 cm³/mol. The first-order chi connectivity index (χ1) is 13.0. The second kappa shape index (κ2) is 9.17. The number of ether oxygens (including phenoxy) is 2. The Labute approximate surface area is 172 Å². The van der Waals surface area contributed by atoms with Crippen LogP contribution >= 0.6 is 0 Å². The minimum Gasteiger partial charge on any atom is -0.466 e. The highest BCUT2D eigenvalue weighted by molar-refractivity contribution is 5.66. The summed E-state index contributed by atoms with van der Waals surface area (Å²) in [5.74, 6) is 2.02. The molecule has 0 amide bonds. The van der Waals surface area contributed by atoms with Crippen LogP contribution in [0.1, 0.15) is 93.4 Å². The van der Waals surface area contributed by atoms with Gasteiger partial charge in [-0.2, -0.15) is 0 Å². The molecule has 2 saturated carbocycles. The van der Waals surface area contributed by atoms with E-state index in [-0.39, 0.29) is 23.5 Å². The van der Waals surface area contributed by atoms with Gasteiger partial charge < -0.3 is 9.47 Å². The SMILES string of the molecule is CC(=O)OCCC(C)CC[C@]1(C)[C@H]2CC[C@@H](OC(C)=O)[C@@H](C)[C@]2(C)CC[C@H]1C. The highest BCUT2D eigenvalue weighted by atomic mass is 16.5. The first-order valence-corrected chi connectivity index (χ1v) is 11.3. The summed E-state index contributed by atoms with van der Waals surface area (Å²) in [6.45, 7) is 15.5. The maximum atomic E-state index is 11.6. The van der Waals surface area contributed by atoms with Crippen LogP contribution in [0.3, 0.4) is 0 Å². The molecule has 0 aliphatic heterocycles. The van der Waals surface area contributed by atoms with Gasteiger partial charge in [0.25, 0.3) is 0 Å². The van der Waals surface area contributed by atoms with Crippen LogP contribution in [-0.4, -0.2) is 24.6 Å². The molecule has 7 atom stereocenters. The molecule has 0 aromatic carbocycles. The molecule has 0 aromatic heterocycles. The Balaban J connectivity index is 2.06. The number of hydrogen-bond donors (Lipinski definition) is 0. The molecule has 0 N–H and O–H groups in total. The van der Waals surface area contributed by atoms with Gasteiger partial charge in [-0.25, -0.2) is 0 Å². The molecule has 2 fully saturated rings. The molecule has 4 nitrogen and oxygen atoms in total. The number of carbonyl (C=O) groups is 2. The molecular weight excluding hydrogens is 352 g/mol. The molecule has 0 heterocycles. The fourth-order valence-electron chi connectivity index (χ4n) is 6.24. The van der Waals surface area contributed by atoms with Gasteiger partial charge in [0.15, 0.2) is 0 Å². The summed E-state index contributed by atoms with van der Waals surface area (Å²) in [5.41, 5.74) is 0.554. The molecule has 0 saturated heterocycles. The normalized spacial score (nSPS) is 39.0. The number of hydrogen-bond acceptors (Lipinski definition) is 4. The summed E-state index contributed by atoms with van der Waals surface area (Å²) in [6, 6.07) is 0. The molecule has 1 unspecified atom stereocenters. The number of rotatable bonds is 7. The maximum Gasteiger partial charge on any atom is 0.302 e. The predicted octanol–water partition coefficient (Wildman–Crippen LogP) is 5.78. The molecule has 2 rings (SSSR count). The number of carbonyl (C=O) groups excluding carboxylic acids is 2. The molecule has 0 aromatic rings. The smallest absolute Gasteiger partial charge is 0.302 e. The summed E-state index contributed by atoms with van der Waals surface area (Å²) >= 11 is 0. The highest BCUT2D eigenvalue weighted by Gasteiger charge is 2.57. The van der Waals surface area contributed by atoms with Gasteiger partial charge in [0.1, 0.15) is 6.10 Å². The Morgan fingerprint density at radius 3 is 2.32 bits per heavy atom. The van der Waals surface area contributed by atoms with E-state index in [1.165, 1.54) is 39.5 Å². The minimum atomic E-state index is -0.186. The van der Waals surface area contributed by atoms with Gasteiger partial charge in [0, 0.05) is 13.8 Å². The van der Waals surface area contributed by atoms with Crippen LogP contribution in [0.2, 0.25) is 0 Å².